The third kappa shape index (κ3) is 5.32. The summed E-state index contributed by atoms with van der Waals surface area (Å²) in [6, 6.07) is 13.7. The molecule has 1 heterocycles. The topological polar surface area (TPSA) is 95.9 Å². The number of carbonyl (C=O) groups is 2. The average Bonchev–Trinajstić information content (AvgIpc) is 2.82. The van der Waals surface area contributed by atoms with Crippen LogP contribution in [-0.4, -0.2) is 44.8 Å². The maximum Gasteiger partial charge on any atom is 0.253 e. The minimum Gasteiger partial charge on any atom is -0.300 e. The molecular formula is C22H24ClN3O4S. The Bertz CT molecular complexity index is 1130. The molecule has 2 amide bonds. The van der Waals surface area contributed by atoms with E-state index in [1.54, 1.807) is 18.2 Å². The lowest BCUT2D eigenvalue weighted by Crippen LogP contribution is -2.47. The number of aliphatic imine (C=N–C) groups is 1. The van der Waals surface area contributed by atoms with Crippen LogP contribution in [0.1, 0.15) is 31.4 Å². The minimum atomic E-state index is -3.76. The number of halogens is 1. The van der Waals surface area contributed by atoms with Gasteiger partial charge in [0, 0.05) is 16.1 Å². The van der Waals surface area contributed by atoms with Crippen LogP contribution in [0.4, 0.5) is 5.69 Å². The Hall–Kier alpha value is -2.71. The molecule has 0 aliphatic carbocycles. The first kappa shape index (κ1) is 23.0. The number of sulfonamides is 1. The maximum absolute atomic E-state index is 13.5. The van der Waals surface area contributed by atoms with Gasteiger partial charge >= 0.3 is 0 Å². The molecule has 0 radical (unpaired) electrons. The number of nitrogens with one attached hydrogen (secondary N) is 1. The molecule has 7 nitrogen and oxygen atoms in total. The molecule has 0 saturated heterocycles. The standard InChI is InChI=1S/C22H24ClN3O4S/c1-4-14(2)20-22(28)26(13-19(27)25-31(3,29)30)18-11-10-16(23)12-17(18)21(24-20)15-8-6-5-7-9-15/h5-12,14,20H,4,13H2,1-3H3,(H,25,27)/t14?,20-/m0/s1. The predicted molar refractivity (Wildman–Crippen MR) is 122 cm³/mol. The molecule has 0 aromatic heterocycles. The van der Waals surface area contributed by atoms with Crippen molar-refractivity contribution in [3.05, 3.63) is 64.7 Å². The Kier molecular flexibility index (Phi) is 6.81. The molecule has 2 aromatic carbocycles. The monoisotopic (exact) mass is 461 g/mol. The van der Waals surface area contributed by atoms with Crippen molar-refractivity contribution in [3.8, 4) is 0 Å². The van der Waals surface area contributed by atoms with Gasteiger partial charge in [-0.25, -0.2) is 8.42 Å². The summed E-state index contributed by atoms with van der Waals surface area (Å²) in [6.07, 6.45) is 1.59. The van der Waals surface area contributed by atoms with Gasteiger partial charge in [0.1, 0.15) is 12.6 Å². The second-order valence-corrected chi connectivity index (χ2v) is 9.74. The van der Waals surface area contributed by atoms with Crippen molar-refractivity contribution in [2.75, 3.05) is 17.7 Å². The molecule has 2 atom stereocenters. The molecule has 1 aliphatic heterocycles. The smallest absolute Gasteiger partial charge is 0.253 e. The second-order valence-electron chi connectivity index (χ2n) is 7.56. The lowest BCUT2D eigenvalue weighted by atomic mass is 9.98. The number of rotatable bonds is 6. The average molecular weight is 462 g/mol. The summed E-state index contributed by atoms with van der Waals surface area (Å²) in [6.45, 7) is 3.43. The van der Waals surface area contributed by atoms with Crippen LogP contribution < -0.4 is 9.62 Å². The normalized spacial score (nSPS) is 17.4. The number of anilines is 1. The van der Waals surface area contributed by atoms with E-state index < -0.39 is 28.5 Å². The van der Waals surface area contributed by atoms with E-state index in [2.05, 4.69) is 0 Å². The number of benzene rings is 2. The molecule has 0 bridgehead atoms. The van der Waals surface area contributed by atoms with E-state index in [-0.39, 0.29) is 11.8 Å². The predicted octanol–water partition coefficient (Wildman–Crippen LogP) is 3.01. The van der Waals surface area contributed by atoms with E-state index in [4.69, 9.17) is 16.6 Å². The number of fused-ring (bicyclic) bond motifs is 1. The van der Waals surface area contributed by atoms with Crippen molar-refractivity contribution in [1.29, 1.82) is 0 Å². The molecule has 1 N–H and O–H groups in total. The van der Waals surface area contributed by atoms with E-state index in [9.17, 15) is 18.0 Å². The van der Waals surface area contributed by atoms with Crippen LogP contribution in [-0.2, 0) is 19.6 Å². The van der Waals surface area contributed by atoms with Gasteiger partial charge in [0.05, 0.1) is 17.7 Å². The molecule has 2 aromatic rings. The number of hydrogen-bond donors (Lipinski definition) is 1. The van der Waals surface area contributed by atoms with Crippen LogP contribution in [0.3, 0.4) is 0 Å². The summed E-state index contributed by atoms with van der Waals surface area (Å²) in [4.78, 5) is 32.1. The number of nitrogens with zero attached hydrogens (tertiary/aromatic N) is 2. The van der Waals surface area contributed by atoms with Gasteiger partial charge in [-0.2, -0.15) is 0 Å². The molecule has 31 heavy (non-hydrogen) atoms. The SMILES string of the molecule is CCC(C)[C@@H]1N=C(c2ccccc2)c2cc(Cl)ccc2N(CC(=O)NS(C)(=O)=O)C1=O. The van der Waals surface area contributed by atoms with E-state index in [1.165, 1.54) is 4.90 Å². The Morgan fingerprint density at radius 3 is 2.52 bits per heavy atom. The molecule has 3 rings (SSSR count). The van der Waals surface area contributed by atoms with Gasteiger partial charge in [-0.1, -0.05) is 62.2 Å². The lowest BCUT2D eigenvalue weighted by molar-refractivity contribution is -0.124. The highest BCUT2D eigenvalue weighted by Gasteiger charge is 2.35. The highest BCUT2D eigenvalue weighted by atomic mass is 35.5. The summed E-state index contributed by atoms with van der Waals surface area (Å²) in [5, 5.41) is 0.456. The van der Waals surface area contributed by atoms with Gasteiger partial charge in [0.2, 0.25) is 10.0 Å². The summed E-state index contributed by atoms with van der Waals surface area (Å²) in [5.74, 6) is -1.27. The Labute approximate surface area is 187 Å². The van der Waals surface area contributed by atoms with Gasteiger partial charge in [0.15, 0.2) is 0 Å². The first-order valence-corrected chi connectivity index (χ1v) is 12.1. The number of carbonyl (C=O) groups excluding carboxylic acids is 2. The van der Waals surface area contributed by atoms with Crippen molar-refractivity contribution < 1.29 is 18.0 Å². The summed E-state index contributed by atoms with van der Waals surface area (Å²) in [7, 11) is -3.76. The van der Waals surface area contributed by atoms with Crippen LogP contribution in [0.15, 0.2) is 53.5 Å². The zero-order valence-electron chi connectivity index (χ0n) is 17.5. The van der Waals surface area contributed by atoms with E-state index in [1.807, 2.05) is 48.9 Å². The first-order valence-electron chi connectivity index (χ1n) is 9.86. The molecule has 0 fully saturated rings. The van der Waals surface area contributed by atoms with E-state index in [0.29, 0.717) is 28.4 Å². The van der Waals surface area contributed by atoms with Crippen molar-refractivity contribution in [3.63, 3.8) is 0 Å². The number of hydrogen-bond acceptors (Lipinski definition) is 5. The number of benzodiazepines with no additional fused rings is 1. The molecule has 9 heteroatoms. The van der Waals surface area contributed by atoms with Crippen LogP contribution >= 0.6 is 11.6 Å². The molecule has 1 unspecified atom stereocenters. The zero-order valence-corrected chi connectivity index (χ0v) is 19.1. The first-order chi connectivity index (χ1) is 14.6. The van der Waals surface area contributed by atoms with Crippen LogP contribution in [0.25, 0.3) is 0 Å². The van der Waals surface area contributed by atoms with Crippen molar-refractivity contribution >= 4 is 44.8 Å². The molecule has 0 spiro atoms. The molecule has 164 valence electrons. The fraction of sp³-hybridized carbons (Fsp3) is 0.318. The van der Waals surface area contributed by atoms with E-state index >= 15 is 0 Å². The van der Waals surface area contributed by atoms with Gasteiger partial charge in [0.25, 0.3) is 11.8 Å². The second kappa shape index (κ2) is 9.20. The highest BCUT2D eigenvalue weighted by molar-refractivity contribution is 7.89. The zero-order chi connectivity index (χ0) is 22.8. The Morgan fingerprint density at radius 2 is 1.90 bits per heavy atom. The van der Waals surface area contributed by atoms with Crippen molar-refractivity contribution in [2.24, 2.45) is 10.9 Å². The largest absolute Gasteiger partial charge is 0.300 e. The summed E-state index contributed by atoms with van der Waals surface area (Å²) >= 11 is 6.27. The fourth-order valence-corrected chi connectivity index (χ4v) is 4.09. The van der Waals surface area contributed by atoms with Crippen molar-refractivity contribution in [2.45, 2.75) is 26.3 Å². The van der Waals surface area contributed by atoms with Gasteiger partial charge in [-0.05, 0) is 24.1 Å². The third-order valence-electron chi connectivity index (χ3n) is 5.12. The van der Waals surface area contributed by atoms with Gasteiger partial charge in [-0.15, -0.1) is 0 Å². The van der Waals surface area contributed by atoms with Gasteiger partial charge < -0.3 is 4.90 Å². The van der Waals surface area contributed by atoms with Crippen LogP contribution in [0.5, 0.6) is 0 Å². The quantitative estimate of drug-likeness (QED) is 0.715. The van der Waals surface area contributed by atoms with E-state index in [0.717, 1.165) is 11.8 Å². The molecular weight excluding hydrogens is 438 g/mol. The van der Waals surface area contributed by atoms with Crippen LogP contribution in [0.2, 0.25) is 5.02 Å². The van der Waals surface area contributed by atoms with Crippen LogP contribution in [0, 0.1) is 5.92 Å². The summed E-state index contributed by atoms with van der Waals surface area (Å²) in [5.41, 5.74) is 2.47. The minimum absolute atomic E-state index is 0.100. The fourth-order valence-electron chi connectivity index (χ4n) is 3.44. The third-order valence-corrected chi connectivity index (χ3v) is 5.96. The molecule has 0 saturated carbocycles. The van der Waals surface area contributed by atoms with Gasteiger partial charge in [-0.3, -0.25) is 19.3 Å². The molecule has 1 aliphatic rings. The Morgan fingerprint density at radius 1 is 1.23 bits per heavy atom. The van der Waals surface area contributed by atoms with Crippen molar-refractivity contribution in [1.82, 2.24) is 4.72 Å². The maximum atomic E-state index is 13.5. The lowest BCUT2D eigenvalue weighted by Gasteiger charge is -2.26. The summed E-state index contributed by atoms with van der Waals surface area (Å²) < 4.78 is 24.9. The number of amides is 2. The Balaban J connectivity index is 2.19. The highest BCUT2D eigenvalue weighted by Crippen LogP contribution is 2.32.